The van der Waals surface area contributed by atoms with Crippen LogP contribution in [0.15, 0.2) is 18.2 Å². The molecule has 0 fully saturated rings. The van der Waals surface area contributed by atoms with E-state index in [1.165, 1.54) is 0 Å². The van der Waals surface area contributed by atoms with Crippen LogP contribution in [0.4, 0.5) is 5.69 Å². The molecule has 1 aromatic heterocycles. The molecule has 0 aliphatic heterocycles. The van der Waals surface area contributed by atoms with Crippen molar-refractivity contribution in [2.45, 2.75) is 20.4 Å². The van der Waals surface area contributed by atoms with Gasteiger partial charge in [0.25, 0.3) is 0 Å². The molecule has 3 N–H and O–H groups in total. The maximum absolute atomic E-state index is 11.2. The van der Waals surface area contributed by atoms with Gasteiger partial charge in [-0.05, 0) is 32.0 Å². The topological polar surface area (TPSA) is 72.9 Å². The molecule has 2 rings (SSSR count). The summed E-state index contributed by atoms with van der Waals surface area (Å²) in [5.41, 5.74) is 9.57. The first-order chi connectivity index (χ1) is 9.40. The number of anilines is 1. The largest absolute Gasteiger partial charge is 0.380 e. The van der Waals surface area contributed by atoms with Gasteiger partial charge in [0, 0.05) is 30.4 Å². The van der Waals surface area contributed by atoms with E-state index in [9.17, 15) is 4.79 Å². The molecule has 0 bridgehead atoms. The number of hydrogen-bond donors (Lipinski definition) is 2. The summed E-state index contributed by atoms with van der Waals surface area (Å²) in [6.45, 7) is 4.57. The van der Waals surface area contributed by atoms with Crippen LogP contribution in [0.3, 0.4) is 0 Å². The van der Waals surface area contributed by atoms with Crippen LogP contribution in [0.1, 0.15) is 27.3 Å². The molecule has 0 unspecified atom stereocenters. The van der Waals surface area contributed by atoms with Crippen molar-refractivity contribution in [3.63, 3.8) is 0 Å². The molecule has 0 radical (unpaired) electrons. The zero-order valence-corrected chi connectivity index (χ0v) is 12.5. The number of nitrogens with one attached hydrogen (secondary N) is 1. The Morgan fingerprint density at radius 1 is 1.45 bits per heavy atom. The van der Waals surface area contributed by atoms with Crippen molar-refractivity contribution >= 4 is 23.2 Å². The van der Waals surface area contributed by atoms with Gasteiger partial charge in [-0.1, -0.05) is 11.6 Å². The molecular weight excluding hydrogens is 276 g/mol. The first-order valence-electron chi connectivity index (χ1n) is 6.22. The van der Waals surface area contributed by atoms with E-state index in [1.54, 1.807) is 18.2 Å². The van der Waals surface area contributed by atoms with E-state index in [2.05, 4.69) is 10.4 Å². The third-order valence-corrected chi connectivity index (χ3v) is 3.69. The Kier molecular flexibility index (Phi) is 3.99. The van der Waals surface area contributed by atoms with Gasteiger partial charge in [-0.3, -0.25) is 9.48 Å². The van der Waals surface area contributed by atoms with Crippen molar-refractivity contribution in [3.8, 4) is 0 Å². The molecule has 1 heterocycles. The molecule has 20 heavy (non-hydrogen) atoms. The second-order valence-corrected chi connectivity index (χ2v) is 5.09. The first kappa shape index (κ1) is 14.4. The zero-order chi connectivity index (χ0) is 14.9. The second-order valence-electron chi connectivity index (χ2n) is 4.69. The summed E-state index contributed by atoms with van der Waals surface area (Å²) in [7, 11) is 1.91. The molecule has 106 valence electrons. The lowest BCUT2D eigenvalue weighted by atomic mass is 10.1. The summed E-state index contributed by atoms with van der Waals surface area (Å²) >= 11 is 6.12. The maximum atomic E-state index is 11.2. The van der Waals surface area contributed by atoms with Crippen LogP contribution in [0.25, 0.3) is 0 Å². The average Bonchev–Trinajstić information content (AvgIpc) is 2.63. The fraction of sp³-hybridized carbons (Fsp3) is 0.286. The number of nitrogens with two attached hydrogens (primary N) is 1. The van der Waals surface area contributed by atoms with Gasteiger partial charge < -0.3 is 11.1 Å². The predicted molar refractivity (Wildman–Crippen MR) is 80.0 cm³/mol. The fourth-order valence-electron chi connectivity index (χ4n) is 2.07. The van der Waals surface area contributed by atoms with Gasteiger partial charge in [0.1, 0.15) is 0 Å². The van der Waals surface area contributed by atoms with Crippen LogP contribution in [0.5, 0.6) is 0 Å². The number of primary amides is 1. The minimum Gasteiger partial charge on any atom is -0.380 e. The van der Waals surface area contributed by atoms with Crippen LogP contribution in [-0.2, 0) is 13.6 Å². The summed E-state index contributed by atoms with van der Waals surface area (Å²) in [6, 6.07) is 4.93. The normalized spacial score (nSPS) is 10.6. The van der Waals surface area contributed by atoms with E-state index < -0.39 is 5.91 Å². The molecule has 0 saturated carbocycles. The lowest BCUT2D eigenvalue weighted by Crippen LogP contribution is -2.11. The number of benzene rings is 1. The Balaban J connectivity index is 2.22. The van der Waals surface area contributed by atoms with E-state index in [4.69, 9.17) is 17.3 Å². The molecule has 1 amide bonds. The van der Waals surface area contributed by atoms with Gasteiger partial charge >= 0.3 is 0 Å². The average molecular weight is 293 g/mol. The van der Waals surface area contributed by atoms with Crippen LogP contribution < -0.4 is 11.1 Å². The molecule has 1 aromatic carbocycles. The van der Waals surface area contributed by atoms with E-state index in [0.717, 1.165) is 17.0 Å². The number of hydrogen-bond acceptors (Lipinski definition) is 3. The van der Waals surface area contributed by atoms with E-state index in [-0.39, 0.29) is 0 Å². The molecule has 0 spiro atoms. The van der Waals surface area contributed by atoms with Gasteiger partial charge in [0.15, 0.2) is 0 Å². The number of carbonyl (C=O) groups excluding carboxylic acids is 1. The quantitative estimate of drug-likeness (QED) is 0.909. The molecule has 5 nitrogen and oxygen atoms in total. The van der Waals surface area contributed by atoms with Crippen LogP contribution in [0.2, 0.25) is 5.02 Å². The van der Waals surface area contributed by atoms with Gasteiger partial charge in [0.2, 0.25) is 5.91 Å². The number of halogens is 1. The number of aryl methyl sites for hydroxylation is 2. The van der Waals surface area contributed by atoms with E-state index >= 15 is 0 Å². The van der Waals surface area contributed by atoms with Crippen molar-refractivity contribution in [2.75, 3.05) is 5.32 Å². The van der Waals surface area contributed by atoms with Crippen molar-refractivity contribution in [1.29, 1.82) is 0 Å². The molecule has 0 aliphatic rings. The molecule has 0 aliphatic carbocycles. The minimum absolute atomic E-state index is 0.427. The minimum atomic E-state index is -0.474. The van der Waals surface area contributed by atoms with Crippen molar-refractivity contribution in [3.05, 3.63) is 45.7 Å². The Hall–Kier alpha value is -2.01. The number of rotatable bonds is 4. The summed E-state index contributed by atoms with van der Waals surface area (Å²) in [5.74, 6) is -0.474. The SMILES string of the molecule is Cc1nn(C)c(C)c1CNc1cc(C(N)=O)ccc1Cl. The Labute approximate surface area is 122 Å². The van der Waals surface area contributed by atoms with Gasteiger partial charge in [0.05, 0.1) is 16.4 Å². The molecular formula is C14H17ClN4O. The van der Waals surface area contributed by atoms with Gasteiger partial charge in [-0.25, -0.2) is 0 Å². The second kappa shape index (κ2) is 5.54. The first-order valence-corrected chi connectivity index (χ1v) is 6.60. The highest BCUT2D eigenvalue weighted by Crippen LogP contribution is 2.24. The Morgan fingerprint density at radius 2 is 2.15 bits per heavy atom. The Bertz CT molecular complexity index is 663. The van der Waals surface area contributed by atoms with E-state index in [0.29, 0.717) is 22.8 Å². The lowest BCUT2D eigenvalue weighted by molar-refractivity contribution is 0.100. The van der Waals surface area contributed by atoms with Crippen molar-refractivity contribution < 1.29 is 4.79 Å². The summed E-state index contributed by atoms with van der Waals surface area (Å²) < 4.78 is 1.84. The van der Waals surface area contributed by atoms with Crippen LogP contribution in [-0.4, -0.2) is 15.7 Å². The van der Waals surface area contributed by atoms with Gasteiger partial charge in [-0.2, -0.15) is 5.10 Å². The third-order valence-electron chi connectivity index (χ3n) is 3.37. The van der Waals surface area contributed by atoms with Crippen molar-refractivity contribution in [2.24, 2.45) is 12.8 Å². The molecule has 6 heteroatoms. The molecule has 0 saturated heterocycles. The van der Waals surface area contributed by atoms with Crippen molar-refractivity contribution in [1.82, 2.24) is 9.78 Å². The summed E-state index contributed by atoms with van der Waals surface area (Å²) in [5, 5.41) is 8.14. The van der Waals surface area contributed by atoms with E-state index in [1.807, 2.05) is 25.6 Å². The predicted octanol–water partition coefficient (Wildman–Crippen LogP) is 2.40. The van der Waals surface area contributed by atoms with Crippen LogP contribution in [0, 0.1) is 13.8 Å². The Morgan fingerprint density at radius 3 is 2.70 bits per heavy atom. The standard InChI is InChI=1S/C14H17ClN4O/c1-8-11(9(2)19(3)18-8)7-17-13-6-10(14(16)20)4-5-12(13)15/h4-6,17H,7H2,1-3H3,(H2,16,20). The monoisotopic (exact) mass is 292 g/mol. The zero-order valence-electron chi connectivity index (χ0n) is 11.7. The molecule has 2 aromatic rings. The summed E-state index contributed by atoms with van der Waals surface area (Å²) in [6.07, 6.45) is 0. The number of aromatic nitrogens is 2. The highest BCUT2D eigenvalue weighted by Gasteiger charge is 2.10. The fourth-order valence-corrected chi connectivity index (χ4v) is 2.26. The highest BCUT2D eigenvalue weighted by molar-refractivity contribution is 6.33. The number of nitrogens with zero attached hydrogens (tertiary/aromatic N) is 2. The van der Waals surface area contributed by atoms with Gasteiger partial charge in [-0.15, -0.1) is 0 Å². The smallest absolute Gasteiger partial charge is 0.248 e. The third kappa shape index (κ3) is 2.77. The maximum Gasteiger partial charge on any atom is 0.248 e. The summed E-state index contributed by atoms with van der Waals surface area (Å²) in [4.78, 5) is 11.2. The highest BCUT2D eigenvalue weighted by atomic mass is 35.5. The van der Waals surface area contributed by atoms with Crippen LogP contribution >= 0.6 is 11.6 Å². The molecule has 0 atom stereocenters. The lowest BCUT2D eigenvalue weighted by Gasteiger charge is -2.10. The number of carbonyl (C=O) groups is 1. The number of amides is 1.